The third kappa shape index (κ3) is 3.99. The monoisotopic (exact) mass is 439 g/mol. The van der Waals surface area contributed by atoms with Crippen LogP contribution in [-0.2, 0) is 6.54 Å². The molecule has 0 unspecified atom stereocenters. The molecule has 8 heteroatoms. The van der Waals surface area contributed by atoms with Crippen LogP contribution in [0.2, 0.25) is 0 Å². The standard InChI is InChI=1S/C23H25N3O4S/c1-5-26-17(16-6-7-19-20(10-16)30-9-8-29-19)11-24-23(26)31-12-18(28)22-13(2)21(15(4)27)14(3)25-22/h6-7,10-11,25H,5,8-9,12H2,1-4H3. The van der Waals surface area contributed by atoms with E-state index in [1.165, 1.54) is 18.7 Å². The van der Waals surface area contributed by atoms with Crippen molar-refractivity contribution in [3.05, 3.63) is 46.9 Å². The van der Waals surface area contributed by atoms with Gasteiger partial charge in [-0.25, -0.2) is 4.98 Å². The maximum atomic E-state index is 12.8. The molecular weight excluding hydrogens is 414 g/mol. The number of H-pyrrole nitrogens is 1. The van der Waals surface area contributed by atoms with Crippen LogP contribution in [-0.4, -0.2) is 45.1 Å². The Hall–Kier alpha value is -3.00. The van der Waals surface area contributed by atoms with Crippen LogP contribution in [0.25, 0.3) is 11.3 Å². The van der Waals surface area contributed by atoms with Crippen LogP contribution in [0.4, 0.5) is 0 Å². The van der Waals surface area contributed by atoms with Crippen molar-refractivity contribution in [3.8, 4) is 22.8 Å². The van der Waals surface area contributed by atoms with Gasteiger partial charge in [-0.2, -0.15) is 0 Å². The minimum absolute atomic E-state index is 0.0384. The first kappa shape index (κ1) is 21.2. The van der Waals surface area contributed by atoms with Gasteiger partial charge in [0.25, 0.3) is 0 Å². The Morgan fingerprint density at radius 3 is 2.61 bits per heavy atom. The van der Waals surface area contributed by atoms with Gasteiger partial charge in [-0.1, -0.05) is 11.8 Å². The summed E-state index contributed by atoms with van der Waals surface area (Å²) in [5.41, 5.74) is 4.49. The number of nitrogens with zero attached hydrogens (tertiary/aromatic N) is 2. The number of aromatic nitrogens is 3. The molecule has 1 aliphatic heterocycles. The van der Waals surface area contributed by atoms with Crippen molar-refractivity contribution in [2.45, 2.75) is 39.4 Å². The van der Waals surface area contributed by atoms with Gasteiger partial charge in [0.05, 0.1) is 23.3 Å². The van der Waals surface area contributed by atoms with Gasteiger partial charge in [-0.3, -0.25) is 9.59 Å². The number of ether oxygens (including phenoxy) is 2. The van der Waals surface area contributed by atoms with E-state index in [0.29, 0.717) is 30.0 Å². The highest BCUT2D eigenvalue weighted by atomic mass is 32.2. The van der Waals surface area contributed by atoms with E-state index < -0.39 is 0 Å². The maximum Gasteiger partial charge on any atom is 0.189 e. The van der Waals surface area contributed by atoms with E-state index in [-0.39, 0.29) is 17.3 Å². The summed E-state index contributed by atoms with van der Waals surface area (Å²) in [7, 11) is 0. The summed E-state index contributed by atoms with van der Waals surface area (Å²) in [6.45, 7) is 9.01. The molecule has 0 saturated carbocycles. The Bertz CT molecular complexity index is 1160. The van der Waals surface area contributed by atoms with Crippen LogP contribution >= 0.6 is 11.8 Å². The zero-order valence-corrected chi connectivity index (χ0v) is 18.9. The van der Waals surface area contributed by atoms with Crippen LogP contribution in [0.15, 0.2) is 29.6 Å². The summed E-state index contributed by atoms with van der Waals surface area (Å²) in [5.74, 6) is 1.62. The Morgan fingerprint density at radius 2 is 1.94 bits per heavy atom. The van der Waals surface area contributed by atoms with E-state index in [1.807, 2.05) is 45.2 Å². The van der Waals surface area contributed by atoms with Crippen molar-refractivity contribution >= 4 is 23.3 Å². The molecule has 4 rings (SSSR count). The number of carbonyl (C=O) groups is 2. The second kappa shape index (κ2) is 8.63. The van der Waals surface area contributed by atoms with Crippen molar-refractivity contribution < 1.29 is 19.1 Å². The molecule has 0 fully saturated rings. The lowest BCUT2D eigenvalue weighted by molar-refractivity contribution is 0.101. The smallest absolute Gasteiger partial charge is 0.189 e. The predicted octanol–water partition coefficient (Wildman–Crippen LogP) is 4.46. The fraction of sp³-hybridized carbons (Fsp3) is 0.348. The molecule has 1 aromatic carbocycles. The number of aryl methyl sites for hydroxylation is 1. The summed E-state index contributed by atoms with van der Waals surface area (Å²) in [6.07, 6.45) is 1.82. The first-order chi connectivity index (χ1) is 14.9. The minimum atomic E-state index is -0.0513. The lowest BCUT2D eigenvalue weighted by atomic mass is 10.1. The number of ketones is 2. The number of rotatable bonds is 7. The molecule has 7 nitrogen and oxygen atoms in total. The number of benzene rings is 1. The van der Waals surface area contributed by atoms with E-state index >= 15 is 0 Å². The van der Waals surface area contributed by atoms with Gasteiger partial charge in [-0.05, 0) is 51.5 Å². The van der Waals surface area contributed by atoms with Crippen molar-refractivity contribution in [1.29, 1.82) is 0 Å². The van der Waals surface area contributed by atoms with Crippen LogP contribution < -0.4 is 9.47 Å². The molecule has 0 saturated heterocycles. The largest absolute Gasteiger partial charge is 0.486 e. The van der Waals surface area contributed by atoms with Gasteiger partial charge in [0.1, 0.15) is 13.2 Å². The summed E-state index contributed by atoms with van der Waals surface area (Å²) in [4.78, 5) is 32.3. The Labute approximate surface area is 185 Å². The number of Topliss-reactive ketones (excluding diaryl/α,β-unsaturated/α-hetero) is 2. The lowest BCUT2D eigenvalue weighted by Crippen LogP contribution is -2.15. The van der Waals surface area contributed by atoms with Crippen molar-refractivity contribution in [2.75, 3.05) is 19.0 Å². The number of thioether (sulfide) groups is 1. The highest BCUT2D eigenvalue weighted by Gasteiger charge is 2.21. The van der Waals surface area contributed by atoms with Crippen LogP contribution in [0.1, 0.15) is 46.0 Å². The molecule has 0 atom stereocenters. The highest BCUT2D eigenvalue weighted by Crippen LogP contribution is 2.35. The third-order valence-electron chi connectivity index (χ3n) is 5.37. The van der Waals surface area contributed by atoms with Crippen molar-refractivity contribution in [3.63, 3.8) is 0 Å². The summed E-state index contributed by atoms with van der Waals surface area (Å²) >= 11 is 1.39. The molecule has 0 amide bonds. The van der Waals surface area contributed by atoms with Gasteiger partial charge in [0.2, 0.25) is 0 Å². The third-order valence-corrected chi connectivity index (χ3v) is 6.36. The molecule has 31 heavy (non-hydrogen) atoms. The van der Waals surface area contributed by atoms with Gasteiger partial charge >= 0.3 is 0 Å². The first-order valence-corrected chi connectivity index (χ1v) is 11.2. The van der Waals surface area contributed by atoms with E-state index in [4.69, 9.17) is 9.47 Å². The van der Waals surface area contributed by atoms with Crippen molar-refractivity contribution in [1.82, 2.24) is 14.5 Å². The average molecular weight is 440 g/mol. The zero-order valence-electron chi connectivity index (χ0n) is 18.1. The van der Waals surface area contributed by atoms with E-state index in [9.17, 15) is 9.59 Å². The molecule has 3 aromatic rings. The number of aromatic amines is 1. The number of fused-ring (bicyclic) bond motifs is 1. The Morgan fingerprint density at radius 1 is 1.19 bits per heavy atom. The SMILES string of the molecule is CCn1c(-c2ccc3c(c2)OCCO3)cnc1SCC(=O)c1[nH]c(C)c(C(C)=O)c1C. The molecule has 1 aliphatic rings. The molecule has 0 radical (unpaired) electrons. The van der Waals surface area contributed by atoms with Gasteiger partial charge in [0.15, 0.2) is 28.2 Å². The molecule has 0 aliphatic carbocycles. The molecule has 162 valence electrons. The topological polar surface area (TPSA) is 86.2 Å². The molecule has 0 spiro atoms. The minimum Gasteiger partial charge on any atom is -0.486 e. The van der Waals surface area contributed by atoms with Gasteiger partial charge in [0, 0.05) is 23.4 Å². The Balaban J connectivity index is 1.54. The highest BCUT2D eigenvalue weighted by molar-refractivity contribution is 7.99. The molecule has 0 bridgehead atoms. The number of nitrogens with one attached hydrogen (secondary N) is 1. The van der Waals surface area contributed by atoms with Gasteiger partial charge in [-0.15, -0.1) is 0 Å². The predicted molar refractivity (Wildman–Crippen MR) is 120 cm³/mol. The van der Waals surface area contributed by atoms with E-state index in [1.54, 1.807) is 0 Å². The fourth-order valence-corrected chi connectivity index (χ4v) is 4.89. The maximum absolute atomic E-state index is 12.8. The van der Waals surface area contributed by atoms with Crippen molar-refractivity contribution in [2.24, 2.45) is 0 Å². The Kier molecular flexibility index (Phi) is 5.91. The van der Waals surface area contributed by atoms with E-state index in [0.717, 1.165) is 40.2 Å². The quantitative estimate of drug-likeness (QED) is 0.432. The molecular formula is C23H25N3O4S. The zero-order chi connectivity index (χ0) is 22.1. The van der Waals surface area contributed by atoms with Crippen LogP contribution in [0.3, 0.4) is 0 Å². The number of carbonyl (C=O) groups excluding carboxylic acids is 2. The molecule has 3 heterocycles. The number of imidazole rings is 1. The normalized spacial score (nSPS) is 12.8. The van der Waals surface area contributed by atoms with E-state index in [2.05, 4.69) is 14.5 Å². The molecule has 1 N–H and O–H groups in total. The average Bonchev–Trinajstić information content (AvgIpc) is 3.31. The number of hydrogen-bond donors (Lipinski definition) is 1. The summed E-state index contributed by atoms with van der Waals surface area (Å²) < 4.78 is 13.4. The first-order valence-electron chi connectivity index (χ1n) is 10.2. The summed E-state index contributed by atoms with van der Waals surface area (Å²) in [6, 6.07) is 5.87. The summed E-state index contributed by atoms with van der Waals surface area (Å²) in [5, 5.41) is 0.772. The van der Waals surface area contributed by atoms with Gasteiger partial charge < -0.3 is 19.0 Å². The second-order valence-corrected chi connectivity index (χ2v) is 8.36. The number of hydrogen-bond acceptors (Lipinski definition) is 6. The van der Waals surface area contributed by atoms with Crippen LogP contribution in [0, 0.1) is 13.8 Å². The second-order valence-electron chi connectivity index (χ2n) is 7.42. The fourth-order valence-electron chi connectivity index (χ4n) is 3.97. The lowest BCUT2D eigenvalue weighted by Gasteiger charge is -2.19. The van der Waals surface area contributed by atoms with Crippen LogP contribution in [0.5, 0.6) is 11.5 Å². The molecule has 2 aromatic heterocycles.